The molecule has 1 aromatic carbocycles. The first-order chi connectivity index (χ1) is 40.8. The molecule has 24 nitrogen and oxygen atoms in total. The number of rotatable bonds is 34. The van der Waals surface area contributed by atoms with Crippen molar-refractivity contribution in [1.82, 2.24) is 46.1 Å². The maximum atomic E-state index is 14.7. The molecule has 5 rings (SSSR count). The quantitative estimate of drug-likeness (QED) is 0.0327. The van der Waals surface area contributed by atoms with Crippen LogP contribution in [0.2, 0.25) is 0 Å². The largest absolute Gasteiger partial charge is 0.480 e. The average molecular weight is 1230 g/mol. The smallest absolute Gasteiger partial charge is 0.321 e. The van der Waals surface area contributed by atoms with Gasteiger partial charge in [0.15, 0.2) is 0 Å². The summed E-state index contributed by atoms with van der Waals surface area (Å²) >= 11 is 1.05. The lowest BCUT2D eigenvalue weighted by Gasteiger charge is -2.43. The van der Waals surface area contributed by atoms with E-state index in [4.69, 9.17) is 25.2 Å². The Bertz CT molecular complexity index is 2490. The van der Waals surface area contributed by atoms with Gasteiger partial charge in [-0.15, -0.1) is 11.8 Å². The molecule has 25 heteroatoms. The van der Waals surface area contributed by atoms with Crippen LogP contribution >= 0.6 is 11.8 Å². The second-order valence-corrected chi connectivity index (χ2v) is 25.7. The number of methoxy groups -OCH3 is 2. The minimum atomic E-state index is -1.18. The first kappa shape index (κ1) is 71.2. The van der Waals surface area contributed by atoms with Gasteiger partial charge in [-0.1, -0.05) is 91.6 Å². The first-order valence-corrected chi connectivity index (χ1v) is 31.8. The van der Waals surface area contributed by atoms with Gasteiger partial charge >= 0.3 is 5.97 Å². The number of nitrogens with zero attached hydrogens (tertiary/aromatic N) is 5. The molecule has 3 heterocycles. The lowest BCUT2D eigenvalue weighted by atomic mass is 9.87. The number of likely N-dealkylation sites (tertiary alicyclic amines) is 2. The minimum Gasteiger partial charge on any atom is -0.480 e. The molecule has 1 aliphatic carbocycles. The molecule has 86 heavy (non-hydrogen) atoms. The zero-order chi connectivity index (χ0) is 63.6. The average Bonchev–Trinajstić information content (AvgIpc) is 1.58. The van der Waals surface area contributed by atoms with Gasteiger partial charge < -0.3 is 30.5 Å². The van der Waals surface area contributed by atoms with Gasteiger partial charge in [0, 0.05) is 70.8 Å². The molecule has 0 bridgehead atoms. The lowest BCUT2D eigenvalue weighted by Crippen LogP contribution is -2.60. The van der Waals surface area contributed by atoms with Crippen molar-refractivity contribution < 1.29 is 67.4 Å². The molecule has 482 valence electrons. The number of carboxylic acids is 1. The first-order valence-electron chi connectivity index (χ1n) is 30.8. The highest BCUT2D eigenvalue weighted by Crippen LogP contribution is 2.53. The van der Waals surface area contributed by atoms with E-state index >= 15 is 0 Å². The monoisotopic (exact) mass is 1230 g/mol. The van der Waals surface area contributed by atoms with E-state index in [0.717, 1.165) is 35.1 Å². The van der Waals surface area contributed by atoms with E-state index < -0.39 is 88.7 Å². The van der Waals surface area contributed by atoms with Crippen molar-refractivity contribution in [1.29, 1.82) is 0 Å². The van der Waals surface area contributed by atoms with Crippen LogP contribution in [0.25, 0.3) is 0 Å². The number of ether oxygens (including phenoxy) is 2. The Kier molecular flexibility index (Phi) is 27.9. The molecule has 7 N–H and O–H groups in total. The van der Waals surface area contributed by atoms with Crippen molar-refractivity contribution in [2.45, 2.75) is 197 Å². The third-order valence-corrected chi connectivity index (χ3v) is 18.9. The number of amides is 9. The highest BCUT2D eigenvalue weighted by atomic mass is 32.2. The SMILES string of the molecule is CC[C@H](C)[C@@H]([C@@H](CC(=O)N1CCC[C@H]1[C@H](OC)[C@@H](C)C(=O)N[C@@]1(C(=O)N2CCCCO2)C[C@@H]1c1ccccc1)OC)N(C)[C@H](C(=O)NC(=O)[C@H](C(C)C)N(C)CCCC(=O)NNC(=O)CCCCCN1C(=O)CC(SC[C@H](N)C(=O)O)C1=O)C(C)C. The normalized spacial score (nSPS) is 22.5. The number of likely N-dealkylation sites (N-methyl/N-ethyl adjacent to an activating group) is 2. The number of nitrogens with one attached hydrogen (secondary N) is 4. The Morgan fingerprint density at radius 3 is 2.08 bits per heavy atom. The molecule has 4 fully saturated rings. The molecule has 3 aliphatic heterocycles. The van der Waals surface area contributed by atoms with Crippen LogP contribution in [0.3, 0.4) is 0 Å². The molecule has 12 atom stereocenters. The summed E-state index contributed by atoms with van der Waals surface area (Å²) in [7, 11) is 6.67. The molecule has 0 radical (unpaired) electrons. The van der Waals surface area contributed by atoms with E-state index in [-0.39, 0.29) is 91.2 Å². The van der Waals surface area contributed by atoms with Crippen molar-refractivity contribution in [2.24, 2.45) is 29.4 Å². The Morgan fingerprint density at radius 2 is 1.49 bits per heavy atom. The number of benzene rings is 1. The van der Waals surface area contributed by atoms with Crippen LogP contribution in [0.15, 0.2) is 30.3 Å². The van der Waals surface area contributed by atoms with Gasteiger partial charge in [-0.25, -0.2) is 5.06 Å². The predicted octanol–water partition coefficient (Wildman–Crippen LogP) is 3.36. The topological polar surface area (TPSA) is 309 Å². The standard InChI is InChI=1S/C61H98N10O14S/c1-12-39(6)53(45(83-10)33-49(74)69-30-21-25-44(69)54(84-11)40(7)55(76)64-61(60(82)71-31-19-20-32-85-71)35-42(61)41-23-15-13-16-24-41)68(9)52(38(4)5)57(78)63-56(77)51(37(2)3)67(8)28-22-27-48(73)66-65-47(72)26-17-14-18-29-70-50(75)34-46(58(70)79)86-36-43(62)59(80)81/h13,15-16,23-24,37-40,42-46,51-54H,12,14,17-22,25-36,62H2,1-11H3,(H,64,76)(H,65,72)(H,66,73)(H,80,81)(H,63,77,78)/t39-,40+,42+,43-,44-,45+,46?,51-,52-,53-,54+,61-/m0/s1. The summed E-state index contributed by atoms with van der Waals surface area (Å²) in [6.45, 7) is 15.2. The van der Waals surface area contributed by atoms with E-state index in [1.165, 1.54) is 12.2 Å². The maximum absolute atomic E-state index is 14.7. The number of carboxylic acid groups (broad SMARTS) is 1. The number of aliphatic carboxylic acids is 1. The van der Waals surface area contributed by atoms with Crippen LogP contribution in [0, 0.1) is 23.7 Å². The van der Waals surface area contributed by atoms with Gasteiger partial charge in [0.05, 0.1) is 54.5 Å². The molecule has 1 unspecified atom stereocenters. The van der Waals surface area contributed by atoms with E-state index in [2.05, 4.69) is 21.5 Å². The fourth-order valence-electron chi connectivity index (χ4n) is 12.6. The summed E-state index contributed by atoms with van der Waals surface area (Å²) in [4.78, 5) is 146. The number of hydrogen-bond donors (Lipinski definition) is 6. The lowest BCUT2D eigenvalue weighted by molar-refractivity contribution is -0.200. The number of nitrogens with two attached hydrogens (primary N) is 1. The number of thioether (sulfide) groups is 1. The van der Waals surface area contributed by atoms with E-state index in [0.29, 0.717) is 77.6 Å². The molecule has 1 saturated carbocycles. The zero-order valence-electron chi connectivity index (χ0n) is 52.5. The number of imide groups is 2. The Morgan fingerprint density at radius 1 is 0.837 bits per heavy atom. The van der Waals surface area contributed by atoms with Crippen LogP contribution in [-0.2, 0) is 62.3 Å². The molecule has 0 spiro atoms. The molecule has 3 saturated heterocycles. The number of unbranched alkanes of at least 4 members (excludes halogenated alkanes) is 2. The minimum absolute atomic E-state index is 0.00832. The molecule has 1 aromatic rings. The third kappa shape index (κ3) is 18.7. The van der Waals surface area contributed by atoms with Gasteiger partial charge in [-0.3, -0.25) is 83.7 Å². The van der Waals surface area contributed by atoms with E-state index in [1.807, 2.05) is 83.8 Å². The summed E-state index contributed by atoms with van der Waals surface area (Å²) in [6, 6.07) is 6.08. The number of hydrogen-bond acceptors (Lipinski definition) is 17. The summed E-state index contributed by atoms with van der Waals surface area (Å²) in [5.41, 5.74) is 10.1. The summed E-state index contributed by atoms with van der Waals surface area (Å²) in [5.74, 6) is -6.09. The molecular formula is C61H98N10O14S. The highest BCUT2D eigenvalue weighted by Gasteiger charge is 2.64. The van der Waals surface area contributed by atoms with Gasteiger partial charge in [-0.05, 0) is 95.3 Å². The van der Waals surface area contributed by atoms with Crippen molar-refractivity contribution in [3.63, 3.8) is 0 Å². The Hall–Kier alpha value is -5.57. The maximum Gasteiger partial charge on any atom is 0.321 e. The molecule has 9 amide bonds. The number of carbonyl (C=O) groups is 10. The third-order valence-electron chi connectivity index (χ3n) is 17.6. The Balaban J connectivity index is 1.12. The number of hydrazine groups is 1. The van der Waals surface area contributed by atoms with Crippen molar-refractivity contribution >= 4 is 70.9 Å². The number of carbonyl (C=O) groups excluding carboxylic acids is 9. The highest BCUT2D eigenvalue weighted by molar-refractivity contribution is 8.00. The van der Waals surface area contributed by atoms with Gasteiger partial charge in [0.25, 0.3) is 5.91 Å². The predicted molar refractivity (Wildman–Crippen MR) is 323 cm³/mol. The second-order valence-electron chi connectivity index (χ2n) is 24.5. The molecule has 4 aliphatic rings. The Labute approximate surface area is 512 Å². The van der Waals surface area contributed by atoms with Crippen LogP contribution in [0.1, 0.15) is 150 Å². The number of hydroxylamine groups is 2. The fraction of sp³-hybridized carbons (Fsp3) is 0.738. The molecule has 0 aromatic heterocycles. The van der Waals surface area contributed by atoms with Crippen molar-refractivity contribution in [3.05, 3.63) is 35.9 Å². The van der Waals surface area contributed by atoms with Crippen LogP contribution in [0.4, 0.5) is 0 Å². The van der Waals surface area contributed by atoms with Crippen LogP contribution in [-0.4, -0.2) is 209 Å². The summed E-state index contributed by atoms with van der Waals surface area (Å²) in [6.07, 6.45) is 4.55. The second kappa shape index (κ2) is 33.7. The van der Waals surface area contributed by atoms with Crippen molar-refractivity contribution in [3.8, 4) is 0 Å². The summed E-state index contributed by atoms with van der Waals surface area (Å²) < 4.78 is 12.3. The van der Waals surface area contributed by atoms with Crippen LogP contribution in [0.5, 0.6) is 0 Å². The summed E-state index contributed by atoms with van der Waals surface area (Å²) in [5, 5.41) is 15.6. The van der Waals surface area contributed by atoms with Gasteiger partial charge in [0.2, 0.25) is 47.3 Å². The van der Waals surface area contributed by atoms with E-state index in [9.17, 15) is 47.9 Å². The van der Waals surface area contributed by atoms with Gasteiger partial charge in [-0.2, -0.15) is 0 Å². The van der Waals surface area contributed by atoms with Gasteiger partial charge in [0.1, 0.15) is 11.6 Å². The zero-order valence-corrected chi connectivity index (χ0v) is 53.3. The fourth-order valence-corrected chi connectivity index (χ4v) is 13.8. The van der Waals surface area contributed by atoms with Crippen LogP contribution < -0.4 is 27.2 Å². The van der Waals surface area contributed by atoms with Crippen molar-refractivity contribution in [2.75, 3.05) is 66.9 Å². The molecular weight excluding hydrogens is 1130 g/mol. The van der Waals surface area contributed by atoms with E-state index in [1.54, 1.807) is 30.9 Å².